The molecule has 0 bridgehead atoms. The van der Waals surface area contributed by atoms with Gasteiger partial charge in [0.25, 0.3) is 5.91 Å². The van der Waals surface area contributed by atoms with E-state index < -0.39 is 5.60 Å². The van der Waals surface area contributed by atoms with Gasteiger partial charge in [-0.25, -0.2) is 0 Å². The van der Waals surface area contributed by atoms with Crippen LogP contribution in [0.25, 0.3) is 10.9 Å². The molecule has 24 heavy (non-hydrogen) atoms. The lowest BCUT2D eigenvalue weighted by molar-refractivity contribution is -0.136. The maximum atomic E-state index is 12.7. The van der Waals surface area contributed by atoms with E-state index >= 15 is 0 Å². The van der Waals surface area contributed by atoms with E-state index in [1.807, 2.05) is 38.1 Å². The van der Waals surface area contributed by atoms with E-state index in [1.54, 1.807) is 13.3 Å². The molecular weight excluding hydrogens is 304 g/mol. The predicted molar refractivity (Wildman–Crippen MR) is 96.5 cm³/mol. The summed E-state index contributed by atoms with van der Waals surface area (Å²) in [4.78, 5) is 17.1. The first-order valence-corrected chi connectivity index (χ1v) is 8.42. The second kappa shape index (κ2) is 8.11. The van der Waals surface area contributed by atoms with E-state index in [1.165, 1.54) is 0 Å². The molecule has 0 saturated heterocycles. The third kappa shape index (κ3) is 3.85. The summed E-state index contributed by atoms with van der Waals surface area (Å²) >= 11 is 0. The van der Waals surface area contributed by atoms with Crippen molar-refractivity contribution in [3.05, 3.63) is 30.5 Å². The zero-order valence-electron chi connectivity index (χ0n) is 14.9. The highest BCUT2D eigenvalue weighted by atomic mass is 16.5. The van der Waals surface area contributed by atoms with Crippen LogP contribution in [0.4, 0.5) is 5.69 Å². The summed E-state index contributed by atoms with van der Waals surface area (Å²) in [6, 6.07) is 7.49. The number of anilines is 1. The molecule has 0 aliphatic carbocycles. The van der Waals surface area contributed by atoms with Crippen LogP contribution in [-0.4, -0.2) is 30.2 Å². The molecule has 1 atom stereocenters. The molecule has 130 valence electrons. The first-order chi connectivity index (χ1) is 11.6. The molecule has 2 aromatic rings. The molecule has 5 heteroatoms. The van der Waals surface area contributed by atoms with Gasteiger partial charge in [-0.15, -0.1) is 0 Å². The number of carbonyl (C=O) groups is 1. The fourth-order valence-corrected chi connectivity index (χ4v) is 2.62. The SMILES string of the molecule is CCCOc1ccc(NC(=O)[C@@](C)(CCC)OC)c2cccnc12. The van der Waals surface area contributed by atoms with Crippen molar-refractivity contribution in [3.8, 4) is 5.75 Å². The highest BCUT2D eigenvalue weighted by Gasteiger charge is 2.32. The van der Waals surface area contributed by atoms with Crippen LogP contribution in [-0.2, 0) is 9.53 Å². The van der Waals surface area contributed by atoms with Gasteiger partial charge in [-0.1, -0.05) is 20.3 Å². The number of ether oxygens (including phenoxy) is 2. The fourth-order valence-electron chi connectivity index (χ4n) is 2.62. The van der Waals surface area contributed by atoms with Gasteiger partial charge in [0.15, 0.2) is 0 Å². The molecule has 0 saturated carbocycles. The van der Waals surface area contributed by atoms with Gasteiger partial charge in [0, 0.05) is 18.7 Å². The van der Waals surface area contributed by atoms with Crippen LogP contribution in [0.3, 0.4) is 0 Å². The van der Waals surface area contributed by atoms with Gasteiger partial charge >= 0.3 is 0 Å². The Morgan fingerprint density at radius 2 is 2.04 bits per heavy atom. The summed E-state index contributed by atoms with van der Waals surface area (Å²) in [5, 5.41) is 3.84. The molecule has 5 nitrogen and oxygen atoms in total. The number of hydrogen-bond acceptors (Lipinski definition) is 4. The van der Waals surface area contributed by atoms with Gasteiger partial charge in [0.2, 0.25) is 0 Å². The van der Waals surface area contributed by atoms with Crippen LogP contribution >= 0.6 is 0 Å². The molecular formula is C19H26N2O3. The van der Waals surface area contributed by atoms with Gasteiger partial charge in [-0.3, -0.25) is 9.78 Å². The monoisotopic (exact) mass is 330 g/mol. The van der Waals surface area contributed by atoms with Crippen molar-refractivity contribution in [1.29, 1.82) is 0 Å². The number of aromatic nitrogens is 1. The lowest BCUT2D eigenvalue weighted by Gasteiger charge is -2.26. The molecule has 1 amide bonds. The standard InChI is InChI=1S/C19H26N2O3/c1-5-11-19(3,23-4)18(22)21-15-9-10-16(24-13-6-2)17-14(15)8-7-12-20-17/h7-10,12H,5-6,11,13H2,1-4H3,(H,21,22)/t19-/m1/s1. The Labute approximate surface area is 143 Å². The molecule has 2 rings (SSSR count). The van der Waals surface area contributed by atoms with E-state index in [4.69, 9.17) is 9.47 Å². The zero-order valence-corrected chi connectivity index (χ0v) is 14.9. The van der Waals surface area contributed by atoms with Gasteiger partial charge in [-0.05, 0) is 44.0 Å². The van der Waals surface area contributed by atoms with E-state index in [0.29, 0.717) is 18.7 Å². The number of nitrogens with one attached hydrogen (secondary N) is 1. The highest BCUT2D eigenvalue weighted by Crippen LogP contribution is 2.31. The maximum Gasteiger partial charge on any atom is 0.256 e. The number of pyridine rings is 1. The quantitative estimate of drug-likeness (QED) is 0.789. The van der Waals surface area contributed by atoms with E-state index in [0.717, 1.165) is 29.5 Å². The number of amides is 1. The molecule has 1 N–H and O–H groups in total. The number of rotatable bonds is 8. The normalized spacial score (nSPS) is 13.5. The van der Waals surface area contributed by atoms with Crippen molar-refractivity contribution in [1.82, 2.24) is 4.98 Å². The summed E-state index contributed by atoms with van der Waals surface area (Å²) in [7, 11) is 1.57. The van der Waals surface area contributed by atoms with Crippen LogP contribution < -0.4 is 10.1 Å². The minimum absolute atomic E-state index is 0.153. The van der Waals surface area contributed by atoms with Gasteiger partial charge < -0.3 is 14.8 Å². The first kappa shape index (κ1) is 18.2. The summed E-state index contributed by atoms with van der Waals surface area (Å²) in [5.74, 6) is 0.577. The molecule has 0 aliphatic heterocycles. The van der Waals surface area contributed by atoms with E-state index in [-0.39, 0.29) is 5.91 Å². The molecule has 0 unspecified atom stereocenters. The van der Waals surface area contributed by atoms with Crippen molar-refractivity contribution < 1.29 is 14.3 Å². The zero-order chi connectivity index (χ0) is 17.6. The number of carbonyl (C=O) groups excluding carboxylic acids is 1. The lowest BCUT2D eigenvalue weighted by atomic mass is 9.99. The van der Waals surface area contributed by atoms with Crippen molar-refractivity contribution in [3.63, 3.8) is 0 Å². The highest BCUT2D eigenvalue weighted by molar-refractivity contribution is 6.05. The van der Waals surface area contributed by atoms with Crippen LogP contribution in [0.5, 0.6) is 5.75 Å². The predicted octanol–water partition coefficient (Wildman–Crippen LogP) is 4.17. The van der Waals surface area contributed by atoms with Crippen molar-refractivity contribution in [2.24, 2.45) is 0 Å². The number of hydrogen-bond donors (Lipinski definition) is 1. The van der Waals surface area contributed by atoms with Crippen LogP contribution in [0.15, 0.2) is 30.5 Å². The smallest absolute Gasteiger partial charge is 0.256 e. The van der Waals surface area contributed by atoms with E-state index in [9.17, 15) is 4.79 Å². The second-order valence-corrected chi connectivity index (χ2v) is 6.00. The lowest BCUT2D eigenvalue weighted by Crippen LogP contribution is -2.41. The van der Waals surface area contributed by atoms with Crippen LogP contribution in [0, 0.1) is 0 Å². The number of benzene rings is 1. The minimum Gasteiger partial charge on any atom is -0.491 e. The third-order valence-corrected chi connectivity index (χ3v) is 4.10. The molecule has 0 fully saturated rings. The molecule has 1 heterocycles. The maximum absolute atomic E-state index is 12.7. The molecule has 1 aromatic carbocycles. The van der Waals surface area contributed by atoms with Gasteiger partial charge in [0.1, 0.15) is 16.9 Å². The van der Waals surface area contributed by atoms with Gasteiger partial charge in [0.05, 0.1) is 12.3 Å². The second-order valence-electron chi connectivity index (χ2n) is 6.00. The molecule has 1 aromatic heterocycles. The minimum atomic E-state index is -0.847. The Morgan fingerprint density at radius 1 is 1.25 bits per heavy atom. The molecule has 0 radical (unpaired) electrons. The van der Waals surface area contributed by atoms with Crippen LogP contribution in [0.2, 0.25) is 0 Å². The molecule has 0 aliphatic rings. The summed E-state index contributed by atoms with van der Waals surface area (Å²) < 4.78 is 11.2. The van der Waals surface area contributed by atoms with E-state index in [2.05, 4.69) is 17.2 Å². The average molecular weight is 330 g/mol. The topological polar surface area (TPSA) is 60.5 Å². The third-order valence-electron chi connectivity index (χ3n) is 4.10. The Bertz CT molecular complexity index is 702. The summed E-state index contributed by atoms with van der Waals surface area (Å²) in [6.07, 6.45) is 4.17. The molecule has 0 spiro atoms. The van der Waals surface area contributed by atoms with Gasteiger partial charge in [-0.2, -0.15) is 0 Å². The summed E-state index contributed by atoms with van der Waals surface area (Å²) in [5.41, 5.74) is 0.616. The Morgan fingerprint density at radius 3 is 2.71 bits per heavy atom. The van der Waals surface area contributed by atoms with Crippen LogP contribution in [0.1, 0.15) is 40.0 Å². The Hall–Kier alpha value is -2.14. The number of nitrogens with zero attached hydrogens (tertiary/aromatic N) is 1. The number of methoxy groups -OCH3 is 1. The Balaban J connectivity index is 2.35. The first-order valence-electron chi connectivity index (χ1n) is 8.42. The Kier molecular flexibility index (Phi) is 6.15. The summed E-state index contributed by atoms with van der Waals surface area (Å²) in [6.45, 7) is 6.54. The van der Waals surface area contributed by atoms with Crippen molar-refractivity contribution in [2.75, 3.05) is 19.0 Å². The van der Waals surface area contributed by atoms with Crippen molar-refractivity contribution >= 4 is 22.5 Å². The fraction of sp³-hybridized carbons (Fsp3) is 0.474. The van der Waals surface area contributed by atoms with Crippen molar-refractivity contribution in [2.45, 2.75) is 45.6 Å². The average Bonchev–Trinajstić information content (AvgIpc) is 2.61. The largest absolute Gasteiger partial charge is 0.491 e. The number of fused-ring (bicyclic) bond motifs is 1.